The summed E-state index contributed by atoms with van der Waals surface area (Å²) in [5.74, 6) is 0. The molecule has 0 amide bonds. The molecule has 2 heteroatoms. The van der Waals surface area contributed by atoms with Crippen LogP contribution >= 0.6 is 0 Å². The topological polar surface area (TPSA) is 29.3 Å². The van der Waals surface area contributed by atoms with E-state index < -0.39 is 0 Å². The molecule has 2 aromatic carbocycles. The number of nitrogens with zero attached hydrogens (tertiary/aromatic N) is 1. The highest BCUT2D eigenvalue weighted by molar-refractivity contribution is 5.52. The van der Waals surface area contributed by atoms with Crippen LogP contribution in [-0.4, -0.2) is 13.1 Å². The summed E-state index contributed by atoms with van der Waals surface area (Å²) in [6.07, 6.45) is 0. The van der Waals surface area contributed by atoms with E-state index in [0.717, 1.165) is 6.54 Å². The number of likely N-dealkylation sites (N-methyl/N-ethyl adjacent to an activating group) is 1. The molecule has 1 unspecified atom stereocenters. The predicted molar refractivity (Wildman–Crippen MR) is 91.9 cm³/mol. The zero-order valence-electron chi connectivity index (χ0n) is 13.6. The first-order valence-electron chi connectivity index (χ1n) is 7.68. The van der Waals surface area contributed by atoms with E-state index in [0.29, 0.717) is 6.54 Å². The fourth-order valence-corrected chi connectivity index (χ4v) is 3.14. The minimum atomic E-state index is 0.220. The quantitative estimate of drug-likeness (QED) is 0.893. The zero-order valence-corrected chi connectivity index (χ0v) is 13.6. The third-order valence-electron chi connectivity index (χ3n) is 4.15. The fraction of sp³-hybridized carbons (Fsp3) is 0.368. The number of aryl methyl sites for hydroxylation is 3. The predicted octanol–water partition coefficient (Wildman–Crippen LogP) is 4.14. The van der Waals surface area contributed by atoms with Gasteiger partial charge in [0, 0.05) is 18.8 Å². The zero-order chi connectivity index (χ0) is 15.4. The van der Waals surface area contributed by atoms with Crippen LogP contribution in [0.5, 0.6) is 0 Å². The highest BCUT2D eigenvalue weighted by Crippen LogP contribution is 2.30. The van der Waals surface area contributed by atoms with E-state index in [1.165, 1.54) is 27.9 Å². The molecule has 2 rings (SSSR count). The van der Waals surface area contributed by atoms with Crippen molar-refractivity contribution in [1.29, 1.82) is 0 Å². The van der Waals surface area contributed by atoms with Crippen LogP contribution in [0.2, 0.25) is 0 Å². The van der Waals surface area contributed by atoms with Crippen LogP contribution in [0.3, 0.4) is 0 Å². The van der Waals surface area contributed by atoms with Gasteiger partial charge >= 0.3 is 0 Å². The third-order valence-corrected chi connectivity index (χ3v) is 4.15. The van der Waals surface area contributed by atoms with E-state index in [4.69, 9.17) is 5.73 Å². The fourth-order valence-electron chi connectivity index (χ4n) is 3.14. The molecule has 0 radical (unpaired) electrons. The van der Waals surface area contributed by atoms with Gasteiger partial charge in [0.25, 0.3) is 0 Å². The summed E-state index contributed by atoms with van der Waals surface area (Å²) >= 11 is 0. The van der Waals surface area contributed by atoms with E-state index in [2.05, 4.69) is 75.1 Å². The van der Waals surface area contributed by atoms with Crippen molar-refractivity contribution in [3.05, 3.63) is 64.7 Å². The third kappa shape index (κ3) is 3.27. The van der Waals surface area contributed by atoms with Crippen LogP contribution in [-0.2, 0) is 0 Å². The van der Waals surface area contributed by atoms with Gasteiger partial charge in [-0.15, -0.1) is 0 Å². The highest BCUT2D eigenvalue weighted by Gasteiger charge is 2.21. The molecule has 2 aromatic rings. The second kappa shape index (κ2) is 6.77. The van der Waals surface area contributed by atoms with Gasteiger partial charge in [0.1, 0.15) is 0 Å². The van der Waals surface area contributed by atoms with Gasteiger partial charge in [-0.05, 0) is 62.1 Å². The van der Waals surface area contributed by atoms with Crippen LogP contribution in [0, 0.1) is 20.8 Å². The molecule has 0 aromatic heterocycles. The molecule has 0 aliphatic rings. The van der Waals surface area contributed by atoms with Gasteiger partial charge in [-0.3, -0.25) is 0 Å². The van der Waals surface area contributed by atoms with Gasteiger partial charge in [0.05, 0.1) is 6.04 Å². The minimum Gasteiger partial charge on any atom is -0.363 e. The standard InChI is InChI=1S/C19H26N2/c1-5-21(17-11-6-8-14(2)12-17)18(13-20)19-15(3)9-7-10-16(19)4/h6-12,18H,5,13,20H2,1-4H3. The molecule has 0 heterocycles. The maximum atomic E-state index is 6.15. The second-order valence-corrected chi connectivity index (χ2v) is 5.68. The van der Waals surface area contributed by atoms with Gasteiger partial charge in [-0.25, -0.2) is 0 Å². The van der Waals surface area contributed by atoms with Crippen molar-refractivity contribution in [2.24, 2.45) is 5.73 Å². The number of nitrogens with two attached hydrogens (primary N) is 1. The lowest BCUT2D eigenvalue weighted by molar-refractivity contribution is 0.636. The Bertz CT molecular complexity index is 584. The van der Waals surface area contributed by atoms with Gasteiger partial charge in [0.15, 0.2) is 0 Å². The molecule has 2 nitrogen and oxygen atoms in total. The second-order valence-electron chi connectivity index (χ2n) is 5.68. The molecule has 0 bridgehead atoms. The molecular formula is C19H26N2. The number of rotatable bonds is 5. The maximum absolute atomic E-state index is 6.15. The van der Waals surface area contributed by atoms with Gasteiger partial charge in [-0.2, -0.15) is 0 Å². The van der Waals surface area contributed by atoms with Crippen LogP contribution < -0.4 is 10.6 Å². The van der Waals surface area contributed by atoms with Gasteiger partial charge in [0.2, 0.25) is 0 Å². The molecule has 21 heavy (non-hydrogen) atoms. The minimum absolute atomic E-state index is 0.220. The van der Waals surface area contributed by atoms with Crippen molar-refractivity contribution in [3.63, 3.8) is 0 Å². The number of anilines is 1. The molecule has 0 spiro atoms. The summed E-state index contributed by atoms with van der Waals surface area (Å²) in [6.45, 7) is 10.2. The Morgan fingerprint density at radius 1 is 1.00 bits per heavy atom. The van der Waals surface area contributed by atoms with Crippen LogP contribution in [0.25, 0.3) is 0 Å². The Kier molecular flexibility index (Phi) is 5.03. The summed E-state index contributed by atoms with van der Waals surface area (Å²) in [6, 6.07) is 15.3. The maximum Gasteiger partial charge on any atom is 0.0669 e. The number of hydrogen-bond donors (Lipinski definition) is 1. The van der Waals surface area contributed by atoms with Crippen molar-refractivity contribution < 1.29 is 0 Å². The van der Waals surface area contributed by atoms with Crippen LogP contribution in [0.4, 0.5) is 5.69 Å². The van der Waals surface area contributed by atoms with E-state index in [1.807, 2.05) is 0 Å². The molecule has 0 aliphatic heterocycles. The Labute approximate surface area is 128 Å². The summed E-state index contributed by atoms with van der Waals surface area (Å²) in [5, 5.41) is 0. The van der Waals surface area contributed by atoms with Crippen LogP contribution in [0.1, 0.15) is 35.2 Å². The van der Waals surface area contributed by atoms with Crippen molar-refractivity contribution in [2.75, 3.05) is 18.0 Å². The summed E-state index contributed by atoms with van der Waals surface area (Å²) in [4.78, 5) is 2.41. The van der Waals surface area contributed by atoms with Crippen molar-refractivity contribution in [2.45, 2.75) is 33.7 Å². The SMILES string of the molecule is CCN(c1cccc(C)c1)C(CN)c1c(C)cccc1C. The van der Waals surface area contributed by atoms with E-state index >= 15 is 0 Å². The Morgan fingerprint density at radius 2 is 1.62 bits per heavy atom. The van der Waals surface area contributed by atoms with Gasteiger partial charge < -0.3 is 10.6 Å². The molecule has 0 saturated carbocycles. The monoisotopic (exact) mass is 282 g/mol. The van der Waals surface area contributed by atoms with Crippen molar-refractivity contribution >= 4 is 5.69 Å². The molecule has 0 aliphatic carbocycles. The first-order valence-corrected chi connectivity index (χ1v) is 7.68. The van der Waals surface area contributed by atoms with Crippen LogP contribution in [0.15, 0.2) is 42.5 Å². The lowest BCUT2D eigenvalue weighted by Crippen LogP contribution is -2.34. The number of hydrogen-bond acceptors (Lipinski definition) is 2. The average molecular weight is 282 g/mol. The molecule has 2 N–H and O–H groups in total. The molecule has 1 atom stereocenters. The smallest absolute Gasteiger partial charge is 0.0669 e. The van der Waals surface area contributed by atoms with Gasteiger partial charge in [-0.1, -0.05) is 30.3 Å². The Balaban J connectivity index is 2.48. The average Bonchev–Trinajstić information content (AvgIpc) is 2.46. The largest absolute Gasteiger partial charge is 0.363 e. The molecule has 0 saturated heterocycles. The van der Waals surface area contributed by atoms with E-state index in [-0.39, 0.29) is 6.04 Å². The van der Waals surface area contributed by atoms with E-state index in [1.54, 1.807) is 0 Å². The number of benzene rings is 2. The van der Waals surface area contributed by atoms with Crippen molar-refractivity contribution in [3.8, 4) is 0 Å². The Morgan fingerprint density at radius 3 is 2.14 bits per heavy atom. The first-order chi connectivity index (χ1) is 10.1. The molecule has 112 valence electrons. The lowest BCUT2D eigenvalue weighted by Gasteiger charge is -2.34. The Hall–Kier alpha value is -1.80. The van der Waals surface area contributed by atoms with Crippen molar-refractivity contribution in [1.82, 2.24) is 0 Å². The highest BCUT2D eigenvalue weighted by atomic mass is 15.2. The summed E-state index contributed by atoms with van der Waals surface area (Å²) in [7, 11) is 0. The molecule has 0 fully saturated rings. The first kappa shape index (κ1) is 15.6. The van der Waals surface area contributed by atoms with E-state index in [9.17, 15) is 0 Å². The lowest BCUT2D eigenvalue weighted by atomic mass is 9.94. The summed E-state index contributed by atoms with van der Waals surface area (Å²) in [5.41, 5.74) is 12.7. The normalized spacial score (nSPS) is 12.2. The summed E-state index contributed by atoms with van der Waals surface area (Å²) < 4.78 is 0. The molecular weight excluding hydrogens is 256 g/mol.